The Morgan fingerprint density at radius 1 is 1.35 bits per heavy atom. The number of nitrogens with two attached hydrogens (primary N) is 1. The molecule has 0 saturated carbocycles. The SMILES string of the molecule is Cl.NCCNC(=O)c1nnn(-c2cccc(F)c2)c1C(F)(F)F. The monoisotopic (exact) mass is 353 g/mol. The maximum atomic E-state index is 13.2. The molecular formula is C12H12ClF4N5O. The van der Waals surface area contributed by atoms with E-state index < -0.39 is 29.3 Å². The van der Waals surface area contributed by atoms with E-state index in [0.29, 0.717) is 4.68 Å². The van der Waals surface area contributed by atoms with Crippen LogP contribution in [0, 0.1) is 5.82 Å². The standard InChI is InChI=1S/C12H11F4N5O.ClH/c13-7-2-1-3-8(6-7)21-10(12(14,15)16)9(19-20-21)11(22)18-5-4-17;/h1-3,6H,4-5,17H2,(H,18,22);1H. The smallest absolute Gasteiger partial charge is 0.349 e. The Kier molecular flexibility index (Phi) is 6.05. The summed E-state index contributed by atoms with van der Waals surface area (Å²) in [4.78, 5) is 11.7. The summed E-state index contributed by atoms with van der Waals surface area (Å²) in [5.41, 5.74) is 2.70. The Morgan fingerprint density at radius 3 is 2.61 bits per heavy atom. The predicted molar refractivity (Wildman–Crippen MR) is 75.0 cm³/mol. The van der Waals surface area contributed by atoms with Crippen LogP contribution in [0.15, 0.2) is 24.3 Å². The van der Waals surface area contributed by atoms with E-state index in [1.54, 1.807) is 0 Å². The summed E-state index contributed by atoms with van der Waals surface area (Å²) in [5.74, 6) is -1.80. The molecule has 0 aliphatic rings. The summed E-state index contributed by atoms with van der Waals surface area (Å²) in [7, 11) is 0. The number of carbonyl (C=O) groups excluding carboxylic acids is 1. The van der Waals surface area contributed by atoms with Gasteiger partial charge in [-0.05, 0) is 18.2 Å². The van der Waals surface area contributed by atoms with E-state index in [2.05, 4.69) is 15.6 Å². The molecule has 1 aromatic carbocycles. The molecule has 0 aliphatic carbocycles. The minimum Gasteiger partial charge on any atom is -0.349 e. The van der Waals surface area contributed by atoms with Crippen LogP contribution < -0.4 is 11.1 Å². The Hall–Kier alpha value is -2.20. The molecule has 0 radical (unpaired) electrons. The predicted octanol–water partition coefficient (Wildman–Crippen LogP) is 1.54. The van der Waals surface area contributed by atoms with E-state index in [1.165, 1.54) is 12.1 Å². The highest BCUT2D eigenvalue weighted by Crippen LogP contribution is 2.32. The van der Waals surface area contributed by atoms with Crippen molar-refractivity contribution in [1.29, 1.82) is 0 Å². The normalized spacial score (nSPS) is 11.0. The van der Waals surface area contributed by atoms with Gasteiger partial charge in [0.15, 0.2) is 11.4 Å². The van der Waals surface area contributed by atoms with Gasteiger partial charge >= 0.3 is 6.18 Å². The van der Waals surface area contributed by atoms with Crippen molar-refractivity contribution in [2.75, 3.05) is 13.1 Å². The minimum absolute atomic E-state index is 0. The number of rotatable bonds is 4. The molecule has 0 atom stereocenters. The fourth-order valence-electron chi connectivity index (χ4n) is 1.75. The van der Waals surface area contributed by atoms with Gasteiger partial charge in [0.25, 0.3) is 5.91 Å². The van der Waals surface area contributed by atoms with E-state index in [4.69, 9.17) is 5.73 Å². The molecular weight excluding hydrogens is 342 g/mol. The minimum atomic E-state index is -4.90. The quantitative estimate of drug-likeness (QED) is 0.816. The summed E-state index contributed by atoms with van der Waals surface area (Å²) in [6.07, 6.45) is -4.90. The van der Waals surface area contributed by atoms with Crippen LogP contribution in [-0.4, -0.2) is 34.0 Å². The van der Waals surface area contributed by atoms with Crippen LogP contribution in [0.3, 0.4) is 0 Å². The molecule has 0 saturated heterocycles. The molecule has 126 valence electrons. The number of benzene rings is 1. The lowest BCUT2D eigenvalue weighted by atomic mass is 10.2. The van der Waals surface area contributed by atoms with Crippen molar-refractivity contribution in [1.82, 2.24) is 20.3 Å². The second-order valence-electron chi connectivity index (χ2n) is 4.22. The third-order valence-electron chi connectivity index (χ3n) is 2.64. The van der Waals surface area contributed by atoms with E-state index in [9.17, 15) is 22.4 Å². The topological polar surface area (TPSA) is 85.8 Å². The van der Waals surface area contributed by atoms with Crippen molar-refractivity contribution < 1.29 is 22.4 Å². The summed E-state index contributed by atoms with van der Waals surface area (Å²) in [5, 5.41) is 8.75. The molecule has 2 rings (SSSR count). The number of hydrogen-bond donors (Lipinski definition) is 2. The first kappa shape index (κ1) is 18.8. The molecule has 0 fully saturated rings. The first-order valence-electron chi connectivity index (χ1n) is 6.11. The zero-order chi connectivity index (χ0) is 16.3. The molecule has 23 heavy (non-hydrogen) atoms. The van der Waals surface area contributed by atoms with Gasteiger partial charge in [-0.25, -0.2) is 9.07 Å². The van der Waals surface area contributed by atoms with E-state index >= 15 is 0 Å². The second-order valence-corrected chi connectivity index (χ2v) is 4.22. The van der Waals surface area contributed by atoms with Gasteiger partial charge in [-0.15, -0.1) is 17.5 Å². The fraction of sp³-hybridized carbons (Fsp3) is 0.250. The summed E-state index contributed by atoms with van der Waals surface area (Å²) >= 11 is 0. The lowest BCUT2D eigenvalue weighted by Gasteiger charge is -2.11. The van der Waals surface area contributed by atoms with E-state index in [1.807, 2.05) is 0 Å². The van der Waals surface area contributed by atoms with Crippen LogP contribution in [0.25, 0.3) is 5.69 Å². The van der Waals surface area contributed by atoms with Gasteiger partial charge in [0.05, 0.1) is 5.69 Å². The first-order valence-corrected chi connectivity index (χ1v) is 6.11. The molecule has 6 nitrogen and oxygen atoms in total. The Balaban J connectivity index is 0.00000264. The Bertz CT molecular complexity index is 688. The first-order chi connectivity index (χ1) is 10.3. The van der Waals surface area contributed by atoms with Crippen molar-refractivity contribution in [3.05, 3.63) is 41.5 Å². The third kappa shape index (κ3) is 4.17. The third-order valence-corrected chi connectivity index (χ3v) is 2.64. The molecule has 2 aromatic rings. The van der Waals surface area contributed by atoms with Crippen LogP contribution in [-0.2, 0) is 6.18 Å². The van der Waals surface area contributed by atoms with Crippen LogP contribution in [0.4, 0.5) is 17.6 Å². The number of carbonyl (C=O) groups is 1. The largest absolute Gasteiger partial charge is 0.435 e. The van der Waals surface area contributed by atoms with E-state index in [0.717, 1.165) is 12.1 Å². The van der Waals surface area contributed by atoms with Gasteiger partial charge < -0.3 is 11.1 Å². The maximum Gasteiger partial charge on any atom is 0.435 e. The number of halogens is 5. The van der Waals surface area contributed by atoms with Gasteiger partial charge in [0.2, 0.25) is 0 Å². The zero-order valence-electron chi connectivity index (χ0n) is 11.5. The number of hydrogen-bond acceptors (Lipinski definition) is 4. The lowest BCUT2D eigenvalue weighted by Crippen LogP contribution is -2.31. The second kappa shape index (κ2) is 7.38. The molecule has 0 bridgehead atoms. The molecule has 3 N–H and O–H groups in total. The Morgan fingerprint density at radius 2 is 2.04 bits per heavy atom. The molecule has 1 amide bonds. The molecule has 0 spiro atoms. The van der Waals surface area contributed by atoms with Crippen molar-refractivity contribution in [3.63, 3.8) is 0 Å². The van der Waals surface area contributed by atoms with Crippen molar-refractivity contribution >= 4 is 18.3 Å². The molecule has 11 heteroatoms. The van der Waals surface area contributed by atoms with Gasteiger partial charge in [-0.2, -0.15) is 13.2 Å². The van der Waals surface area contributed by atoms with Crippen LogP contribution in [0.1, 0.15) is 16.2 Å². The van der Waals surface area contributed by atoms with Crippen molar-refractivity contribution in [2.24, 2.45) is 5.73 Å². The number of nitrogens with zero attached hydrogens (tertiary/aromatic N) is 3. The van der Waals surface area contributed by atoms with Crippen LogP contribution in [0.5, 0.6) is 0 Å². The highest BCUT2D eigenvalue weighted by molar-refractivity contribution is 5.93. The molecule has 0 aliphatic heterocycles. The summed E-state index contributed by atoms with van der Waals surface area (Å²) < 4.78 is 53.2. The molecule has 1 aromatic heterocycles. The van der Waals surface area contributed by atoms with Gasteiger partial charge in [0, 0.05) is 13.1 Å². The van der Waals surface area contributed by atoms with E-state index in [-0.39, 0.29) is 31.2 Å². The lowest BCUT2D eigenvalue weighted by molar-refractivity contribution is -0.143. The zero-order valence-corrected chi connectivity index (χ0v) is 12.3. The van der Waals surface area contributed by atoms with Crippen LogP contribution in [0.2, 0.25) is 0 Å². The number of alkyl halides is 3. The highest BCUT2D eigenvalue weighted by Gasteiger charge is 2.41. The fourth-order valence-corrected chi connectivity index (χ4v) is 1.75. The number of aromatic nitrogens is 3. The van der Waals surface area contributed by atoms with Crippen molar-refractivity contribution in [2.45, 2.75) is 6.18 Å². The number of amides is 1. The van der Waals surface area contributed by atoms with Crippen LogP contribution >= 0.6 is 12.4 Å². The average molecular weight is 354 g/mol. The molecule has 0 unspecified atom stereocenters. The van der Waals surface area contributed by atoms with Gasteiger partial charge in [-0.1, -0.05) is 11.3 Å². The van der Waals surface area contributed by atoms with Gasteiger partial charge in [-0.3, -0.25) is 4.79 Å². The summed E-state index contributed by atoms with van der Waals surface area (Å²) in [6, 6.07) is 4.36. The maximum absolute atomic E-state index is 13.2. The Labute approximate surface area is 134 Å². The molecule has 1 heterocycles. The number of nitrogens with one attached hydrogen (secondary N) is 1. The summed E-state index contributed by atoms with van der Waals surface area (Å²) in [6.45, 7) is 0.0497. The van der Waals surface area contributed by atoms with Gasteiger partial charge in [0.1, 0.15) is 5.82 Å². The highest BCUT2D eigenvalue weighted by atomic mass is 35.5. The van der Waals surface area contributed by atoms with Crippen molar-refractivity contribution in [3.8, 4) is 5.69 Å². The average Bonchev–Trinajstić information content (AvgIpc) is 2.89.